The maximum Gasteiger partial charge on any atom is 0.253 e. The highest BCUT2D eigenvalue weighted by Crippen LogP contribution is 2.22. The second-order valence-electron chi connectivity index (χ2n) is 4.97. The molecule has 0 aromatic heterocycles. The minimum Gasteiger partial charge on any atom is -0.550 e. The highest BCUT2D eigenvalue weighted by Gasteiger charge is 2.15. The number of rotatable bonds is 5. The van der Waals surface area contributed by atoms with E-state index in [-0.39, 0.29) is 6.42 Å². The number of aliphatic hydroxyl groups is 1. The maximum absolute atomic E-state index is 11.5. The number of quaternary nitrogens is 1. The first kappa shape index (κ1) is 20.7. The maximum atomic E-state index is 11.5. The molecule has 0 saturated heterocycles. The van der Waals surface area contributed by atoms with Crippen molar-refractivity contribution in [2.75, 3.05) is 5.32 Å². The topological polar surface area (TPSA) is 117 Å². The molecule has 0 aliphatic rings. The number of carbonyl (C=O) groups excluding carboxylic acids is 2. The van der Waals surface area contributed by atoms with Gasteiger partial charge in [-0.2, -0.15) is 0 Å². The number of amides is 1. The Morgan fingerprint density at radius 2 is 1.73 bits per heavy atom. The number of carboxylic acid groups (broad SMARTS) is 1. The molecule has 8 heteroatoms. The SMILES string of the molecule is CC(C)[NH3+].O=C([O-])CC[C@@H](O)C(=O)Nc1cc(Cl)cc(Cl)c1. The number of aliphatic carboxylic acids is 1. The first-order valence-corrected chi connectivity index (χ1v) is 7.35. The van der Waals surface area contributed by atoms with Crippen LogP contribution >= 0.6 is 23.2 Å². The smallest absolute Gasteiger partial charge is 0.253 e. The van der Waals surface area contributed by atoms with E-state index in [4.69, 9.17) is 23.2 Å². The Hall–Kier alpha value is -1.34. The van der Waals surface area contributed by atoms with Gasteiger partial charge in [0.1, 0.15) is 6.10 Å². The summed E-state index contributed by atoms with van der Waals surface area (Å²) in [6.45, 7) is 4.11. The van der Waals surface area contributed by atoms with Crippen molar-refractivity contribution in [1.82, 2.24) is 0 Å². The van der Waals surface area contributed by atoms with Crippen LogP contribution in [0.5, 0.6) is 0 Å². The Morgan fingerprint density at radius 3 is 2.14 bits per heavy atom. The lowest BCUT2D eigenvalue weighted by Crippen LogP contribution is -2.57. The zero-order valence-corrected chi connectivity index (χ0v) is 13.9. The first-order chi connectivity index (χ1) is 10.1. The van der Waals surface area contributed by atoms with Crippen molar-refractivity contribution in [3.05, 3.63) is 28.2 Å². The molecular weight excluding hydrogens is 331 g/mol. The molecule has 1 atom stereocenters. The molecule has 0 aliphatic carbocycles. The number of nitrogens with one attached hydrogen (secondary N) is 1. The molecule has 0 bridgehead atoms. The van der Waals surface area contributed by atoms with Gasteiger partial charge >= 0.3 is 0 Å². The van der Waals surface area contributed by atoms with Gasteiger partial charge in [-0.15, -0.1) is 0 Å². The number of aliphatic hydroxyl groups excluding tert-OH is 1. The molecule has 0 radical (unpaired) electrons. The van der Waals surface area contributed by atoms with Crippen LogP contribution in [0.15, 0.2) is 18.2 Å². The first-order valence-electron chi connectivity index (χ1n) is 6.59. The predicted octanol–water partition coefficient (Wildman–Crippen LogP) is 0.460. The molecule has 22 heavy (non-hydrogen) atoms. The lowest BCUT2D eigenvalue weighted by Gasteiger charge is -2.12. The zero-order chi connectivity index (χ0) is 17.3. The minimum absolute atomic E-state index is 0.220. The van der Waals surface area contributed by atoms with Gasteiger partial charge in [0.05, 0.1) is 6.04 Å². The van der Waals surface area contributed by atoms with Crippen LogP contribution in [0, 0.1) is 0 Å². The van der Waals surface area contributed by atoms with Gasteiger partial charge < -0.3 is 26.1 Å². The molecule has 0 heterocycles. The summed E-state index contributed by atoms with van der Waals surface area (Å²) >= 11 is 11.5. The highest BCUT2D eigenvalue weighted by atomic mass is 35.5. The van der Waals surface area contributed by atoms with Crippen molar-refractivity contribution in [3.8, 4) is 0 Å². The molecule has 0 saturated carbocycles. The summed E-state index contributed by atoms with van der Waals surface area (Å²) in [5.41, 5.74) is 3.96. The van der Waals surface area contributed by atoms with Crippen molar-refractivity contribution < 1.29 is 25.5 Å². The summed E-state index contributed by atoms with van der Waals surface area (Å²) in [5.74, 6) is -2.05. The molecule has 0 aliphatic heterocycles. The van der Waals surface area contributed by atoms with Crippen molar-refractivity contribution >= 4 is 40.8 Å². The van der Waals surface area contributed by atoms with Crippen LogP contribution in [0.1, 0.15) is 26.7 Å². The normalized spacial score (nSPS) is 11.4. The van der Waals surface area contributed by atoms with E-state index in [9.17, 15) is 19.8 Å². The Bertz CT molecular complexity index is 487. The van der Waals surface area contributed by atoms with E-state index in [2.05, 4.69) is 24.9 Å². The molecule has 0 unspecified atom stereocenters. The third kappa shape index (κ3) is 10.4. The third-order valence-electron chi connectivity index (χ3n) is 2.05. The fraction of sp³-hybridized carbons (Fsp3) is 0.429. The van der Waals surface area contributed by atoms with Crippen LogP contribution in [0.25, 0.3) is 0 Å². The molecule has 124 valence electrons. The van der Waals surface area contributed by atoms with Gasteiger partial charge in [0, 0.05) is 21.7 Å². The van der Waals surface area contributed by atoms with Crippen LogP contribution in [0.2, 0.25) is 10.0 Å². The van der Waals surface area contributed by atoms with Crippen molar-refractivity contribution in [3.63, 3.8) is 0 Å². The summed E-state index contributed by atoms with van der Waals surface area (Å²) in [4.78, 5) is 21.7. The molecule has 0 fully saturated rings. The van der Waals surface area contributed by atoms with E-state index in [1.165, 1.54) is 18.2 Å². The standard InChI is InChI=1S/C11H11Cl2NO4.C3H9N/c12-6-3-7(13)5-8(4-6)14-11(18)9(15)1-2-10(16)17;1-3(2)4/h3-5,9,15H,1-2H2,(H,14,18)(H,16,17);3H,4H2,1-2H3/t9-;/m1./s1. The fourth-order valence-corrected chi connectivity index (χ4v) is 1.76. The van der Waals surface area contributed by atoms with Crippen LogP contribution in [0.4, 0.5) is 5.69 Å². The number of benzene rings is 1. The van der Waals surface area contributed by atoms with Crippen LogP contribution in [-0.2, 0) is 9.59 Å². The van der Waals surface area contributed by atoms with E-state index < -0.39 is 24.4 Å². The lowest BCUT2D eigenvalue weighted by atomic mass is 10.2. The summed E-state index contributed by atoms with van der Waals surface area (Å²) in [6, 6.07) is 4.99. The van der Waals surface area contributed by atoms with Gasteiger partial charge in [-0.3, -0.25) is 4.79 Å². The zero-order valence-electron chi connectivity index (χ0n) is 12.4. The van der Waals surface area contributed by atoms with Gasteiger partial charge in [-0.05, 0) is 44.9 Å². The van der Waals surface area contributed by atoms with Gasteiger partial charge in [-0.25, -0.2) is 0 Å². The monoisotopic (exact) mass is 350 g/mol. The summed E-state index contributed by atoms with van der Waals surface area (Å²) in [7, 11) is 0. The van der Waals surface area contributed by atoms with Gasteiger partial charge in [0.15, 0.2) is 0 Å². The average molecular weight is 351 g/mol. The van der Waals surface area contributed by atoms with Gasteiger partial charge in [0.2, 0.25) is 0 Å². The van der Waals surface area contributed by atoms with E-state index in [1.807, 2.05) is 0 Å². The molecule has 5 N–H and O–H groups in total. The summed E-state index contributed by atoms with van der Waals surface area (Å²) in [5, 5.41) is 22.6. The van der Waals surface area contributed by atoms with Crippen molar-refractivity contribution in [2.45, 2.75) is 38.8 Å². The Balaban J connectivity index is 0.000000980. The number of anilines is 1. The molecule has 1 amide bonds. The van der Waals surface area contributed by atoms with Crippen molar-refractivity contribution in [1.29, 1.82) is 0 Å². The fourth-order valence-electron chi connectivity index (χ4n) is 1.24. The number of halogens is 2. The number of hydrogen-bond acceptors (Lipinski definition) is 4. The summed E-state index contributed by atoms with van der Waals surface area (Å²) < 4.78 is 0. The Labute approximate surface area is 139 Å². The van der Waals surface area contributed by atoms with Crippen molar-refractivity contribution in [2.24, 2.45) is 0 Å². The van der Waals surface area contributed by atoms with Crippen LogP contribution in [0.3, 0.4) is 0 Å². The third-order valence-corrected chi connectivity index (χ3v) is 2.49. The number of carboxylic acids is 1. The minimum atomic E-state index is -1.43. The second-order valence-corrected chi connectivity index (χ2v) is 5.84. The molecule has 1 rings (SSSR count). The quantitative estimate of drug-likeness (QED) is 0.714. The Kier molecular flexibility index (Phi) is 9.76. The number of hydrogen-bond donors (Lipinski definition) is 3. The van der Waals surface area contributed by atoms with E-state index in [0.717, 1.165) is 0 Å². The molecular formula is C14H20Cl2N2O4. The Morgan fingerprint density at radius 1 is 1.27 bits per heavy atom. The van der Waals surface area contributed by atoms with Crippen LogP contribution in [-0.4, -0.2) is 29.1 Å². The number of carbonyl (C=O) groups is 2. The largest absolute Gasteiger partial charge is 0.550 e. The summed E-state index contributed by atoms with van der Waals surface area (Å²) in [6.07, 6.45) is -2.05. The highest BCUT2D eigenvalue weighted by molar-refractivity contribution is 6.35. The predicted molar refractivity (Wildman–Crippen MR) is 83.4 cm³/mol. The average Bonchev–Trinajstić information content (AvgIpc) is 2.33. The molecule has 1 aromatic carbocycles. The van der Waals surface area contributed by atoms with E-state index in [0.29, 0.717) is 21.8 Å². The second kappa shape index (κ2) is 10.4. The lowest BCUT2D eigenvalue weighted by molar-refractivity contribution is -0.407. The van der Waals surface area contributed by atoms with E-state index in [1.54, 1.807) is 0 Å². The molecule has 6 nitrogen and oxygen atoms in total. The van der Waals surface area contributed by atoms with Gasteiger partial charge in [0.25, 0.3) is 5.91 Å². The molecule has 0 spiro atoms. The van der Waals surface area contributed by atoms with Crippen LogP contribution < -0.4 is 16.2 Å². The molecule has 1 aromatic rings. The van der Waals surface area contributed by atoms with Gasteiger partial charge in [-0.1, -0.05) is 23.2 Å². The van der Waals surface area contributed by atoms with E-state index >= 15 is 0 Å².